The fraction of sp³-hybridized carbons (Fsp3) is 0.538. The van der Waals surface area contributed by atoms with Gasteiger partial charge in [-0.2, -0.15) is 0 Å². The number of rotatable bonds is 5. The topological polar surface area (TPSA) is 54.0 Å². The van der Waals surface area contributed by atoms with E-state index in [2.05, 4.69) is 22.5 Å². The average molecular weight is 233 g/mol. The number of aromatic nitrogens is 1. The highest BCUT2D eigenvalue weighted by molar-refractivity contribution is 5.92. The molecule has 1 aromatic rings. The lowest BCUT2D eigenvalue weighted by Gasteiger charge is -2.12. The number of nitrogens with zero attached hydrogens (tertiary/aromatic N) is 1. The minimum absolute atomic E-state index is 0.0764. The summed E-state index contributed by atoms with van der Waals surface area (Å²) in [5.41, 5.74) is 1.43. The molecule has 0 radical (unpaired) electrons. The zero-order valence-corrected chi connectivity index (χ0v) is 10.4. The maximum absolute atomic E-state index is 11.9. The van der Waals surface area contributed by atoms with Crippen molar-refractivity contribution in [3.8, 4) is 0 Å². The van der Waals surface area contributed by atoms with Crippen molar-refractivity contribution in [2.45, 2.75) is 32.7 Å². The van der Waals surface area contributed by atoms with E-state index in [1.807, 2.05) is 13.0 Å². The van der Waals surface area contributed by atoms with E-state index >= 15 is 0 Å². The molecule has 1 atom stereocenters. The number of amides is 1. The fourth-order valence-electron chi connectivity index (χ4n) is 1.83. The number of hydrogen-bond donors (Lipinski definition) is 2. The number of hydrogen-bond acceptors (Lipinski definition) is 3. The van der Waals surface area contributed by atoms with E-state index in [1.165, 1.54) is 12.8 Å². The van der Waals surface area contributed by atoms with Gasteiger partial charge in [-0.15, -0.1) is 0 Å². The minimum atomic E-state index is -0.0764. The Balaban J connectivity index is 1.93. The van der Waals surface area contributed by atoms with Crippen molar-refractivity contribution in [3.05, 3.63) is 24.0 Å². The van der Waals surface area contributed by atoms with Gasteiger partial charge in [0.15, 0.2) is 0 Å². The molecule has 0 aromatic carbocycles. The third-order valence-electron chi connectivity index (χ3n) is 3.06. The van der Waals surface area contributed by atoms with Crippen molar-refractivity contribution < 1.29 is 4.79 Å². The Labute approximate surface area is 102 Å². The molecule has 1 amide bonds. The first-order chi connectivity index (χ1) is 8.20. The molecule has 1 aromatic heterocycles. The van der Waals surface area contributed by atoms with E-state index in [4.69, 9.17) is 0 Å². The number of anilines is 1. The van der Waals surface area contributed by atoms with Gasteiger partial charge in [-0.3, -0.25) is 4.79 Å². The first-order valence-electron chi connectivity index (χ1n) is 6.21. The Morgan fingerprint density at radius 2 is 2.29 bits per heavy atom. The van der Waals surface area contributed by atoms with Gasteiger partial charge in [-0.1, -0.05) is 0 Å². The third kappa shape index (κ3) is 3.19. The summed E-state index contributed by atoms with van der Waals surface area (Å²) in [6.45, 7) is 4.94. The van der Waals surface area contributed by atoms with Crippen LogP contribution in [-0.4, -0.2) is 23.5 Å². The molecular weight excluding hydrogens is 214 g/mol. The summed E-state index contributed by atoms with van der Waals surface area (Å²) in [4.78, 5) is 16.0. The maximum atomic E-state index is 11.9. The fourth-order valence-corrected chi connectivity index (χ4v) is 1.83. The van der Waals surface area contributed by atoms with E-state index in [-0.39, 0.29) is 11.9 Å². The lowest BCUT2D eigenvalue weighted by atomic mass is 10.2. The molecule has 1 fully saturated rings. The summed E-state index contributed by atoms with van der Waals surface area (Å²) >= 11 is 0. The number of pyridine rings is 1. The van der Waals surface area contributed by atoms with Crippen LogP contribution in [0.25, 0.3) is 0 Å². The molecule has 1 heterocycles. The minimum Gasteiger partial charge on any atom is -0.384 e. The van der Waals surface area contributed by atoms with Gasteiger partial charge < -0.3 is 10.6 Å². The monoisotopic (exact) mass is 233 g/mol. The summed E-state index contributed by atoms with van der Waals surface area (Å²) in [6.07, 6.45) is 4.16. The van der Waals surface area contributed by atoms with Crippen LogP contribution in [0.4, 0.5) is 5.69 Å². The Kier molecular flexibility index (Phi) is 3.61. The van der Waals surface area contributed by atoms with E-state index in [9.17, 15) is 4.79 Å². The smallest absolute Gasteiger partial charge is 0.270 e. The standard InChI is InChI=1S/C13H19N3O/c1-3-14-11-6-7-12(15-8-11)13(17)16-9(2)10-4-5-10/h6-10,14H,3-5H2,1-2H3,(H,16,17). The molecule has 92 valence electrons. The van der Waals surface area contributed by atoms with Gasteiger partial charge in [-0.25, -0.2) is 4.98 Å². The molecule has 2 rings (SSSR count). The van der Waals surface area contributed by atoms with Gasteiger partial charge in [0, 0.05) is 12.6 Å². The molecular formula is C13H19N3O. The molecule has 1 aliphatic carbocycles. The van der Waals surface area contributed by atoms with Crippen LogP contribution in [0.5, 0.6) is 0 Å². The zero-order valence-electron chi connectivity index (χ0n) is 10.4. The molecule has 4 heteroatoms. The normalized spacial score (nSPS) is 16.4. The van der Waals surface area contributed by atoms with Gasteiger partial charge in [0.2, 0.25) is 0 Å². The van der Waals surface area contributed by atoms with Crippen molar-refractivity contribution >= 4 is 11.6 Å². The second-order valence-corrected chi connectivity index (χ2v) is 4.56. The Morgan fingerprint density at radius 1 is 1.53 bits per heavy atom. The van der Waals surface area contributed by atoms with Crippen LogP contribution < -0.4 is 10.6 Å². The molecule has 0 spiro atoms. The van der Waals surface area contributed by atoms with E-state index < -0.39 is 0 Å². The van der Waals surface area contributed by atoms with Gasteiger partial charge in [-0.05, 0) is 44.7 Å². The van der Waals surface area contributed by atoms with Crippen LogP contribution in [0.3, 0.4) is 0 Å². The Bertz CT molecular complexity index is 384. The van der Waals surface area contributed by atoms with Crippen LogP contribution in [0.15, 0.2) is 18.3 Å². The number of carbonyl (C=O) groups is 1. The van der Waals surface area contributed by atoms with Crippen LogP contribution in [-0.2, 0) is 0 Å². The van der Waals surface area contributed by atoms with Gasteiger partial charge in [0.05, 0.1) is 11.9 Å². The van der Waals surface area contributed by atoms with Crippen molar-refractivity contribution in [1.29, 1.82) is 0 Å². The molecule has 4 nitrogen and oxygen atoms in total. The summed E-state index contributed by atoms with van der Waals surface area (Å²) in [5.74, 6) is 0.590. The van der Waals surface area contributed by atoms with Crippen molar-refractivity contribution in [2.24, 2.45) is 5.92 Å². The van der Waals surface area contributed by atoms with Crippen molar-refractivity contribution in [1.82, 2.24) is 10.3 Å². The second-order valence-electron chi connectivity index (χ2n) is 4.56. The van der Waals surface area contributed by atoms with Crippen LogP contribution >= 0.6 is 0 Å². The van der Waals surface area contributed by atoms with Crippen molar-refractivity contribution in [2.75, 3.05) is 11.9 Å². The first-order valence-corrected chi connectivity index (χ1v) is 6.21. The Hall–Kier alpha value is -1.58. The molecule has 17 heavy (non-hydrogen) atoms. The lowest BCUT2D eigenvalue weighted by molar-refractivity contribution is 0.0931. The lowest BCUT2D eigenvalue weighted by Crippen LogP contribution is -2.34. The van der Waals surface area contributed by atoms with Crippen LogP contribution in [0.2, 0.25) is 0 Å². The summed E-state index contributed by atoms with van der Waals surface area (Å²) in [5, 5.41) is 6.14. The quantitative estimate of drug-likeness (QED) is 0.818. The molecule has 2 N–H and O–H groups in total. The molecule has 0 bridgehead atoms. The molecule has 1 aliphatic rings. The zero-order chi connectivity index (χ0) is 12.3. The van der Waals surface area contributed by atoms with Gasteiger partial charge in [0.1, 0.15) is 5.69 Å². The summed E-state index contributed by atoms with van der Waals surface area (Å²) in [7, 11) is 0. The van der Waals surface area contributed by atoms with Gasteiger partial charge in [0.25, 0.3) is 5.91 Å². The largest absolute Gasteiger partial charge is 0.384 e. The van der Waals surface area contributed by atoms with Crippen molar-refractivity contribution in [3.63, 3.8) is 0 Å². The third-order valence-corrected chi connectivity index (χ3v) is 3.06. The van der Waals surface area contributed by atoms with E-state index in [0.717, 1.165) is 12.2 Å². The van der Waals surface area contributed by atoms with E-state index in [0.29, 0.717) is 11.6 Å². The highest BCUT2D eigenvalue weighted by Gasteiger charge is 2.29. The number of carbonyl (C=O) groups excluding carboxylic acids is 1. The van der Waals surface area contributed by atoms with Gasteiger partial charge >= 0.3 is 0 Å². The molecule has 0 saturated heterocycles. The summed E-state index contributed by atoms with van der Waals surface area (Å²) in [6, 6.07) is 3.90. The predicted octanol–water partition coefficient (Wildman–Crippen LogP) is 2.04. The molecule has 1 saturated carbocycles. The van der Waals surface area contributed by atoms with Crippen LogP contribution in [0, 0.1) is 5.92 Å². The molecule has 1 unspecified atom stereocenters. The summed E-state index contributed by atoms with van der Waals surface area (Å²) < 4.78 is 0. The second kappa shape index (κ2) is 5.17. The highest BCUT2D eigenvalue weighted by atomic mass is 16.1. The predicted molar refractivity (Wildman–Crippen MR) is 68.1 cm³/mol. The maximum Gasteiger partial charge on any atom is 0.270 e. The SMILES string of the molecule is CCNc1ccc(C(=O)NC(C)C2CC2)nc1. The van der Waals surface area contributed by atoms with E-state index in [1.54, 1.807) is 12.3 Å². The number of nitrogens with one attached hydrogen (secondary N) is 2. The first kappa shape index (κ1) is 11.9. The Morgan fingerprint density at radius 3 is 2.82 bits per heavy atom. The average Bonchev–Trinajstić information content (AvgIpc) is 3.14. The van der Waals surface area contributed by atoms with Crippen LogP contribution in [0.1, 0.15) is 37.2 Å². The highest BCUT2D eigenvalue weighted by Crippen LogP contribution is 2.32. The molecule has 0 aliphatic heterocycles.